The molecular formula is C19H23N3O2. The van der Waals surface area contributed by atoms with Crippen LogP contribution in [-0.2, 0) is 13.0 Å². The minimum Gasteiger partial charge on any atom is -0.489 e. The van der Waals surface area contributed by atoms with Crippen molar-refractivity contribution in [2.24, 2.45) is 0 Å². The maximum atomic E-state index is 12.5. The van der Waals surface area contributed by atoms with Crippen LogP contribution in [0.1, 0.15) is 23.7 Å². The molecule has 0 aliphatic carbocycles. The van der Waals surface area contributed by atoms with Crippen LogP contribution in [0, 0.1) is 6.92 Å². The lowest BCUT2D eigenvalue weighted by molar-refractivity contribution is 0.158. The largest absolute Gasteiger partial charge is 0.489 e. The summed E-state index contributed by atoms with van der Waals surface area (Å²) in [4.78, 5) is 18.6. The van der Waals surface area contributed by atoms with Crippen molar-refractivity contribution in [2.75, 3.05) is 13.1 Å². The predicted octanol–water partition coefficient (Wildman–Crippen LogP) is 2.93. The summed E-state index contributed by atoms with van der Waals surface area (Å²) in [5.41, 5.74) is 3.17. The lowest BCUT2D eigenvalue weighted by Gasteiger charge is -2.22. The third-order valence-corrected chi connectivity index (χ3v) is 4.09. The summed E-state index contributed by atoms with van der Waals surface area (Å²) < 4.78 is 5.89. The molecule has 2 amide bonds. The second-order valence-electron chi connectivity index (χ2n) is 6.21. The van der Waals surface area contributed by atoms with Crippen molar-refractivity contribution in [3.63, 3.8) is 0 Å². The van der Waals surface area contributed by atoms with Crippen LogP contribution in [0.15, 0.2) is 42.6 Å². The van der Waals surface area contributed by atoms with Gasteiger partial charge < -0.3 is 15.0 Å². The number of carbonyl (C=O) groups is 1. The number of aromatic nitrogens is 1. The lowest BCUT2D eigenvalue weighted by atomic mass is 10.2. The number of para-hydroxylation sites is 1. The van der Waals surface area contributed by atoms with Gasteiger partial charge in [0.05, 0.1) is 13.1 Å². The van der Waals surface area contributed by atoms with Gasteiger partial charge in [-0.2, -0.15) is 0 Å². The monoisotopic (exact) mass is 325 g/mol. The zero-order valence-corrected chi connectivity index (χ0v) is 14.2. The number of ether oxygens (including phenoxy) is 1. The summed E-state index contributed by atoms with van der Waals surface area (Å²) in [6.07, 6.45) is 2.61. The third-order valence-electron chi connectivity index (χ3n) is 4.09. The van der Waals surface area contributed by atoms with Crippen molar-refractivity contribution in [3.8, 4) is 5.75 Å². The first-order chi connectivity index (χ1) is 11.6. The van der Waals surface area contributed by atoms with E-state index in [9.17, 15) is 4.79 Å². The molecule has 2 aromatic rings. The average molecular weight is 325 g/mol. The number of carbonyl (C=O) groups excluding carboxylic acids is 1. The van der Waals surface area contributed by atoms with E-state index in [2.05, 4.69) is 10.3 Å². The van der Waals surface area contributed by atoms with E-state index in [1.54, 1.807) is 0 Å². The van der Waals surface area contributed by atoms with Crippen molar-refractivity contribution in [1.29, 1.82) is 0 Å². The Bertz CT molecular complexity index is 700. The van der Waals surface area contributed by atoms with Crippen LogP contribution in [0.5, 0.6) is 5.75 Å². The van der Waals surface area contributed by atoms with E-state index in [1.165, 1.54) is 0 Å². The Morgan fingerprint density at radius 1 is 1.33 bits per heavy atom. The molecule has 1 unspecified atom stereocenters. The van der Waals surface area contributed by atoms with Crippen molar-refractivity contribution >= 4 is 6.03 Å². The number of nitrogens with zero attached hydrogens (tertiary/aromatic N) is 2. The Kier molecular flexibility index (Phi) is 4.99. The maximum Gasteiger partial charge on any atom is 0.317 e. The van der Waals surface area contributed by atoms with Gasteiger partial charge in [0.1, 0.15) is 11.9 Å². The van der Waals surface area contributed by atoms with E-state index in [-0.39, 0.29) is 12.1 Å². The number of nitrogens with one attached hydrogen (secondary N) is 1. The molecule has 1 aliphatic rings. The molecule has 1 N–H and O–H groups in total. The molecule has 3 rings (SSSR count). The molecule has 1 aliphatic heterocycles. The van der Waals surface area contributed by atoms with Gasteiger partial charge in [-0.1, -0.05) is 24.3 Å². The Hall–Kier alpha value is -2.56. The number of fused-ring (bicyclic) bond motifs is 1. The highest BCUT2D eigenvalue weighted by Crippen LogP contribution is 2.24. The minimum atomic E-state index is -0.0535. The first-order valence-corrected chi connectivity index (χ1v) is 8.30. The van der Waals surface area contributed by atoms with Crippen LogP contribution in [0.2, 0.25) is 0 Å². The highest BCUT2D eigenvalue weighted by molar-refractivity contribution is 5.74. The Morgan fingerprint density at radius 2 is 2.17 bits per heavy atom. The van der Waals surface area contributed by atoms with Crippen molar-refractivity contribution in [1.82, 2.24) is 15.2 Å². The number of pyridine rings is 1. The topological polar surface area (TPSA) is 54.5 Å². The molecule has 0 fully saturated rings. The third kappa shape index (κ3) is 4.04. The molecule has 1 atom stereocenters. The summed E-state index contributed by atoms with van der Waals surface area (Å²) >= 11 is 0. The Balaban J connectivity index is 1.57. The summed E-state index contributed by atoms with van der Waals surface area (Å²) in [7, 11) is 0. The number of hydrogen-bond acceptors (Lipinski definition) is 3. The molecule has 0 spiro atoms. The molecule has 126 valence electrons. The number of aryl methyl sites for hydroxylation is 1. The van der Waals surface area contributed by atoms with E-state index in [0.717, 1.165) is 29.0 Å². The zero-order chi connectivity index (χ0) is 16.9. The van der Waals surface area contributed by atoms with E-state index in [0.29, 0.717) is 19.6 Å². The van der Waals surface area contributed by atoms with E-state index >= 15 is 0 Å². The van der Waals surface area contributed by atoms with Crippen molar-refractivity contribution in [2.45, 2.75) is 32.9 Å². The number of hydrogen-bond donors (Lipinski definition) is 1. The average Bonchev–Trinajstić information content (AvgIpc) is 2.74. The van der Waals surface area contributed by atoms with Gasteiger partial charge in [-0.25, -0.2) is 4.79 Å². The van der Waals surface area contributed by atoms with Gasteiger partial charge in [0, 0.05) is 24.0 Å². The fraction of sp³-hybridized carbons (Fsp3) is 0.368. The van der Waals surface area contributed by atoms with E-state index in [1.807, 2.05) is 61.3 Å². The minimum absolute atomic E-state index is 0.0271. The van der Waals surface area contributed by atoms with Crippen molar-refractivity contribution in [3.05, 3.63) is 59.4 Å². The van der Waals surface area contributed by atoms with Gasteiger partial charge in [0.2, 0.25) is 0 Å². The smallest absolute Gasteiger partial charge is 0.317 e. The second kappa shape index (κ2) is 7.34. The Labute approximate surface area is 142 Å². The molecule has 24 heavy (non-hydrogen) atoms. The van der Waals surface area contributed by atoms with Gasteiger partial charge in [0.25, 0.3) is 0 Å². The number of benzene rings is 1. The molecule has 2 heterocycles. The van der Waals surface area contributed by atoms with Crippen LogP contribution in [0.4, 0.5) is 4.79 Å². The fourth-order valence-corrected chi connectivity index (χ4v) is 2.81. The van der Waals surface area contributed by atoms with Crippen LogP contribution >= 0.6 is 0 Å². The number of amides is 2. The highest BCUT2D eigenvalue weighted by atomic mass is 16.5. The first kappa shape index (κ1) is 16.3. The van der Waals surface area contributed by atoms with Crippen molar-refractivity contribution < 1.29 is 9.53 Å². The zero-order valence-electron chi connectivity index (χ0n) is 14.2. The van der Waals surface area contributed by atoms with Crippen LogP contribution in [0.25, 0.3) is 0 Å². The first-order valence-electron chi connectivity index (χ1n) is 8.30. The molecule has 1 aromatic heterocycles. The van der Waals surface area contributed by atoms with Gasteiger partial charge in [-0.15, -0.1) is 0 Å². The number of rotatable bonds is 3. The fourth-order valence-electron chi connectivity index (χ4n) is 2.81. The van der Waals surface area contributed by atoms with Crippen LogP contribution in [-0.4, -0.2) is 35.1 Å². The summed E-state index contributed by atoms with van der Waals surface area (Å²) in [6, 6.07) is 11.9. The van der Waals surface area contributed by atoms with Gasteiger partial charge in [-0.05, 0) is 38.0 Å². The SMILES string of the molecule is Cc1ccc(CCNC(=O)N2Cc3ccccc3OC(C)C2)cn1. The predicted molar refractivity (Wildman–Crippen MR) is 93.0 cm³/mol. The summed E-state index contributed by atoms with van der Waals surface area (Å²) in [5, 5.41) is 3.00. The second-order valence-corrected chi connectivity index (χ2v) is 6.21. The molecule has 5 nitrogen and oxygen atoms in total. The molecule has 0 saturated carbocycles. The van der Waals surface area contributed by atoms with E-state index < -0.39 is 0 Å². The lowest BCUT2D eigenvalue weighted by Crippen LogP contribution is -2.43. The number of urea groups is 1. The normalized spacial score (nSPS) is 16.8. The molecule has 0 radical (unpaired) electrons. The van der Waals surface area contributed by atoms with Crippen LogP contribution < -0.4 is 10.1 Å². The van der Waals surface area contributed by atoms with Gasteiger partial charge >= 0.3 is 6.03 Å². The molecule has 1 aromatic carbocycles. The summed E-state index contributed by atoms with van der Waals surface area (Å²) in [5.74, 6) is 0.867. The summed E-state index contributed by atoms with van der Waals surface area (Å²) in [6.45, 7) is 5.69. The standard InChI is InChI=1S/C19H23N3O2/c1-14-7-8-16(11-21-14)9-10-20-19(23)22-12-15(2)24-18-6-4-3-5-17(18)13-22/h3-8,11,15H,9-10,12-13H2,1-2H3,(H,20,23). The molecular weight excluding hydrogens is 302 g/mol. The van der Waals surface area contributed by atoms with Crippen LogP contribution in [0.3, 0.4) is 0 Å². The maximum absolute atomic E-state index is 12.5. The van der Waals surface area contributed by atoms with Gasteiger partial charge in [0.15, 0.2) is 0 Å². The molecule has 0 bridgehead atoms. The molecule has 5 heteroatoms. The Morgan fingerprint density at radius 3 is 2.96 bits per heavy atom. The van der Waals surface area contributed by atoms with Gasteiger partial charge in [-0.3, -0.25) is 4.98 Å². The quantitative estimate of drug-likeness (QED) is 0.944. The highest BCUT2D eigenvalue weighted by Gasteiger charge is 2.23. The molecule has 0 saturated heterocycles. The van der Waals surface area contributed by atoms with E-state index in [4.69, 9.17) is 4.74 Å².